The lowest BCUT2D eigenvalue weighted by Gasteiger charge is -2.38. The van der Waals surface area contributed by atoms with Gasteiger partial charge in [-0.15, -0.1) is 11.8 Å². The second kappa shape index (κ2) is 6.09. The lowest BCUT2D eigenvalue weighted by molar-refractivity contribution is -0.385. The van der Waals surface area contributed by atoms with Gasteiger partial charge in [0, 0.05) is 22.1 Å². The van der Waals surface area contributed by atoms with Crippen molar-refractivity contribution < 1.29 is 4.92 Å². The number of fused-ring (bicyclic) bond motifs is 6. The Morgan fingerprint density at radius 1 is 1.23 bits per heavy atom. The lowest BCUT2D eigenvalue weighted by Crippen LogP contribution is -2.32. The average Bonchev–Trinajstić information content (AvgIpc) is 3.32. The largest absolute Gasteiger partial charge is 0.307 e. The minimum Gasteiger partial charge on any atom is -0.307 e. The predicted molar refractivity (Wildman–Crippen MR) is 104 cm³/mol. The summed E-state index contributed by atoms with van der Waals surface area (Å²) < 4.78 is 0. The van der Waals surface area contributed by atoms with Crippen LogP contribution in [0.5, 0.6) is 0 Å². The molecule has 0 spiro atoms. The van der Waals surface area contributed by atoms with Crippen molar-refractivity contribution in [1.29, 1.82) is 0 Å². The Balaban J connectivity index is 1.56. The number of hydrogen-bond acceptors (Lipinski definition) is 5. The minimum absolute atomic E-state index is 0.00101. The van der Waals surface area contributed by atoms with Crippen molar-refractivity contribution in [3.63, 3.8) is 0 Å². The average molecular weight is 386 g/mol. The van der Waals surface area contributed by atoms with E-state index in [-0.39, 0.29) is 21.4 Å². The SMILES string of the molecule is O=c1[nH]c2c(s1)[C@@H](/C=C/c1ccccc1[N+](=O)[O-])[C@H]1[C@@H]3CC[C@H](C3)[C@H]1S2. The molecule has 0 radical (unpaired) electrons. The van der Waals surface area contributed by atoms with Crippen molar-refractivity contribution in [1.82, 2.24) is 4.98 Å². The molecule has 5 atom stereocenters. The van der Waals surface area contributed by atoms with Gasteiger partial charge in [-0.05, 0) is 43.1 Å². The molecule has 5 nitrogen and oxygen atoms in total. The summed E-state index contributed by atoms with van der Waals surface area (Å²) in [4.78, 5) is 27.0. The highest BCUT2D eigenvalue weighted by Crippen LogP contribution is 2.62. The van der Waals surface area contributed by atoms with Gasteiger partial charge in [-0.1, -0.05) is 35.6 Å². The smallest absolute Gasteiger partial charge is 0.305 e. The van der Waals surface area contributed by atoms with E-state index >= 15 is 0 Å². The topological polar surface area (TPSA) is 76.0 Å². The molecule has 5 rings (SSSR count). The zero-order valence-electron chi connectivity index (χ0n) is 14.0. The van der Waals surface area contributed by atoms with Crippen LogP contribution in [0.2, 0.25) is 0 Å². The van der Waals surface area contributed by atoms with Crippen LogP contribution in [0.15, 0.2) is 40.2 Å². The Morgan fingerprint density at radius 2 is 2.04 bits per heavy atom. The number of hydrogen-bond donors (Lipinski definition) is 1. The van der Waals surface area contributed by atoms with Crippen LogP contribution < -0.4 is 4.87 Å². The molecule has 2 saturated carbocycles. The molecule has 1 N–H and O–H groups in total. The molecular formula is C19H18N2O3S2. The fraction of sp³-hybridized carbons (Fsp3) is 0.421. The number of allylic oxidation sites excluding steroid dienone is 1. The van der Waals surface area contributed by atoms with Crippen molar-refractivity contribution in [2.45, 2.75) is 35.5 Å². The van der Waals surface area contributed by atoms with Gasteiger partial charge < -0.3 is 4.98 Å². The molecule has 2 fully saturated rings. The van der Waals surface area contributed by atoms with Gasteiger partial charge in [-0.2, -0.15) is 0 Å². The molecule has 0 saturated heterocycles. The summed E-state index contributed by atoms with van der Waals surface area (Å²) in [6.45, 7) is 0. The Labute approximate surface area is 158 Å². The number of aromatic amines is 1. The van der Waals surface area contributed by atoms with Gasteiger partial charge in [0.1, 0.15) is 0 Å². The number of nitrogens with zero attached hydrogens (tertiary/aromatic N) is 1. The highest BCUT2D eigenvalue weighted by atomic mass is 32.2. The third-order valence-corrected chi connectivity index (χ3v) is 8.77. The first-order valence-electron chi connectivity index (χ1n) is 8.93. The maximum absolute atomic E-state index is 12.0. The third kappa shape index (κ3) is 2.48. The molecular weight excluding hydrogens is 368 g/mol. The molecule has 3 aliphatic rings. The number of nitro groups is 1. The van der Waals surface area contributed by atoms with Crippen molar-refractivity contribution in [2.75, 3.05) is 0 Å². The normalized spacial score (nSPS) is 31.9. The first-order chi connectivity index (χ1) is 12.6. The number of aromatic nitrogens is 1. The van der Waals surface area contributed by atoms with E-state index in [0.717, 1.165) is 15.8 Å². The van der Waals surface area contributed by atoms with Crippen molar-refractivity contribution in [2.24, 2.45) is 17.8 Å². The quantitative estimate of drug-likeness (QED) is 0.615. The fourth-order valence-corrected chi connectivity index (χ4v) is 7.98. The van der Waals surface area contributed by atoms with Gasteiger partial charge in [0.15, 0.2) is 0 Å². The van der Waals surface area contributed by atoms with Gasteiger partial charge in [0.05, 0.1) is 15.5 Å². The van der Waals surface area contributed by atoms with E-state index in [1.165, 1.54) is 36.7 Å². The summed E-state index contributed by atoms with van der Waals surface area (Å²) in [7, 11) is 0. The number of benzene rings is 1. The van der Waals surface area contributed by atoms with Gasteiger partial charge in [-0.25, -0.2) is 0 Å². The molecule has 1 aromatic carbocycles. The third-order valence-electron chi connectivity index (χ3n) is 6.13. The lowest BCUT2D eigenvalue weighted by atomic mass is 9.77. The standard InChI is InChI=1S/C19H18N2O3S2/c22-19-20-18-17(26-19)13(15-11-5-6-12(9-11)16(15)25-18)8-7-10-3-1-2-4-14(10)21(23)24/h1-4,7-8,11-13,15-16H,5-6,9H2,(H,20,22)/b8-7+/t11-,12-,13+,15-,16-/m1/s1. The van der Waals surface area contributed by atoms with E-state index < -0.39 is 0 Å². The Hall–Kier alpha value is -1.86. The molecule has 7 heteroatoms. The van der Waals surface area contributed by atoms with Crippen LogP contribution in [-0.2, 0) is 0 Å². The van der Waals surface area contributed by atoms with Crippen LogP contribution in [0.25, 0.3) is 6.08 Å². The molecule has 0 amide bonds. The molecule has 2 heterocycles. The summed E-state index contributed by atoms with van der Waals surface area (Å²) in [6, 6.07) is 6.83. The van der Waals surface area contributed by atoms with E-state index in [9.17, 15) is 14.9 Å². The first-order valence-corrected chi connectivity index (χ1v) is 10.6. The summed E-state index contributed by atoms with van der Waals surface area (Å²) >= 11 is 3.16. The number of nitrogens with one attached hydrogen (secondary N) is 1. The van der Waals surface area contributed by atoms with Crippen molar-refractivity contribution in [3.8, 4) is 0 Å². The van der Waals surface area contributed by atoms with Gasteiger partial charge >= 0.3 is 4.87 Å². The van der Waals surface area contributed by atoms with Crippen LogP contribution in [0.4, 0.5) is 5.69 Å². The number of rotatable bonds is 3. The zero-order valence-corrected chi connectivity index (χ0v) is 15.6. The zero-order chi connectivity index (χ0) is 17.8. The van der Waals surface area contributed by atoms with Gasteiger partial charge in [0.2, 0.25) is 0 Å². The Kier molecular flexibility index (Phi) is 3.83. The highest BCUT2D eigenvalue weighted by molar-refractivity contribution is 8.00. The number of nitro benzene ring substituents is 1. The number of thiazole rings is 1. The second-order valence-corrected chi connectivity index (χ2v) is 9.60. The van der Waals surface area contributed by atoms with Gasteiger partial charge in [0.25, 0.3) is 5.69 Å². The van der Waals surface area contributed by atoms with Crippen LogP contribution in [0, 0.1) is 27.9 Å². The summed E-state index contributed by atoms with van der Waals surface area (Å²) in [5, 5.41) is 12.9. The van der Waals surface area contributed by atoms with E-state index in [4.69, 9.17) is 0 Å². The molecule has 2 aromatic rings. The van der Waals surface area contributed by atoms with E-state index in [1.807, 2.05) is 23.9 Å². The molecule has 1 aliphatic heterocycles. The van der Waals surface area contributed by atoms with Crippen molar-refractivity contribution in [3.05, 3.63) is 60.6 Å². The van der Waals surface area contributed by atoms with Gasteiger partial charge in [-0.3, -0.25) is 14.9 Å². The summed E-state index contributed by atoms with van der Waals surface area (Å²) in [5.41, 5.74) is 0.751. The Morgan fingerprint density at radius 3 is 2.88 bits per heavy atom. The number of thioether (sulfide) groups is 1. The maximum atomic E-state index is 12.0. The highest BCUT2D eigenvalue weighted by Gasteiger charge is 2.53. The van der Waals surface area contributed by atoms with Crippen LogP contribution >= 0.6 is 23.1 Å². The van der Waals surface area contributed by atoms with E-state index in [0.29, 0.717) is 22.6 Å². The molecule has 2 aliphatic carbocycles. The van der Waals surface area contributed by atoms with Crippen molar-refractivity contribution >= 4 is 34.9 Å². The van der Waals surface area contributed by atoms with Crippen LogP contribution in [0.3, 0.4) is 0 Å². The molecule has 2 bridgehead atoms. The van der Waals surface area contributed by atoms with E-state index in [1.54, 1.807) is 12.1 Å². The van der Waals surface area contributed by atoms with E-state index in [2.05, 4.69) is 11.1 Å². The molecule has 26 heavy (non-hydrogen) atoms. The summed E-state index contributed by atoms with van der Waals surface area (Å²) in [6.07, 6.45) is 7.86. The predicted octanol–water partition coefficient (Wildman–Crippen LogP) is 4.66. The Bertz CT molecular complexity index is 964. The van der Waals surface area contributed by atoms with Crippen LogP contribution in [0.1, 0.15) is 35.6 Å². The minimum atomic E-state index is -0.336. The maximum Gasteiger partial charge on any atom is 0.305 e. The summed E-state index contributed by atoms with van der Waals surface area (Å²) in [5.74, 6) is 2.17. The molecule has 0 unspecified atom stereocenters. The number of H-pyrrole nitrogens is 1. The molecule has 134 valence electrons. The van der Waals surface area contributed by atoms with Crippen LogP contribution in [-0.4, -0.2) is 15.2 Å². The monoisotopic (exact) mass is 386 g/mol. The second-order valence-electron chi connectivity index (χ2n) is 7.40. The number of para-hydroxylation sites is 1. The fourth-order valence-electron chi connectivity index (χ4n) is 5.12. The first kappa shape index (κ1) is 16.3. The molecule has 1 aromatic heterocycles.